The first kappa shape index (κ1) is 79.3. The summed E-state index contributed by atoms with van der Waals surface area (Å²) < 4.78 is 16.9. The Labute approximate surface area is 515 Å². The van der Waals surface area contributed by atoms with Crippen molar-refractivity contribution in [2.75, 3.05) is 13.2 Å². The van der Waals surface area contributed by atoms with E-state index in [9.17, 15) is 14.4 Å². The number of hydrogen-bond acceptors (Lipinski definition) is 6. The highest BCUT2D eigenvalue weighted by molar-refractivity contribution is 5.71. The molecule has 6 heteroatoms. The molecule has 0 aromatic heterocycles. The van der Waals surface area contributed by atoms with Gasteiger partial charge in [-0.05, 0) is 96.3 Å². The van der Waals surface area contributed by atoms with Crippen molar-refractivity contribution in [3.8, 4) is 0 Å². The van der Waals surface area contributed by atoms with Crippen LogP contribution < -0.4 is 0 Å². The molecule has 0 radical (unpaired) electrons. The number of carbonyl (C=O) groups excluding carboxylic acids is 3. The maximum atomic E-state index is 12.9. The average Bonchev–Trinajstić information content (AvgIpc) is 3.49. The van der Waals surface area contributed by atoms with Crippen molar-refractivity contribution in [3.63, 3.8) is 0 Å². The first-order chi connectivity index (χ1) is 41.0. The Morgan fingerprint density at radius 1 is 0.253 bits per heavy atom. The number of ether oxygens (including phenoxy) is 3. The van der Waals surface area contributed by atoms with E-state index in [1.807, 2.05) is 0 Å². The number of esters is 3. The molecule has 0 bridgehead atoms. The lowest BCUT2D eigenvalue weighted by Gasteiger charge is -2.18. The van der Waals surface area contributed by atoms with Crippen molar-refractivity contribution < 1.29 is 28.6 Å². The number of unbranched alkanes of at least 4 members (excludes halogenated alkanes) is 38. The largest absolute Gasteiger partial charge is 0.462 e. The summed E-state index contributed by atoms with van der Waals surface area (Å²) in [5, 5.41) is 0. The molecular weight excluding hydrogens is 1020 g/mol. The standard InChI is InChI=1S/C77H134O6/c1-4-7-10-13-16-19-21-23-25-27-29-31-33-34-35-36-37-38-39-40-41-42-44-45-47-49-51-53-55-58-61-64-67-70-76(79)82-73-74(72-81-75(78)69-66-63-60-57-18-15-12-9-6-3)83-77(80)71-68-65-62-59-56-54-52-50-48-46-43-32-30-28-26-24-22-20-17-14-11-8-5-2/h7-8,10-11,16-17,19-20,23-26,29-32,74H,4-6,9,12-15,18,21-22,27-28,33-73H2,1-3H3/b10-7-,11-8-,19-16-,20-17-,25-23-,26-24-,31-29-,32-30-. The van der Waals surface area contributed by atoms with Gasteiger partial charge in [0.15, 0.2) is 6.10 Å². The van der Waals surface area contributed by atoms with Crippen LogP contribution in [-0.4, -0.2) is 37.2 Å². The Morgan fingerprint density at radius 2 is 0.470 bits per heavy atom. The van der Waals surface area contributed by atoms with Crippen molar-refractivity contribution in [1.82, 2.24) is 0 Å². The van der Waals surface area contributed by atoms with E-state index in [-0.39, 0.29) is 31.1 Å². The third kappa shape index (κ3) is 69.0. The number of carbonyl (C=O) groups is 3. The van der Waals surface area contributed by atoms with Crippen molar-refractivity contribution in [2.45, 2.75) is 361 Å². The fraction of sp³-hybridized carbons (Fsp3) is 0.753. The first-order valence-electron chi connectivity index (χ1n) is 35.7. The Morgan fingerprint density at radius 3 is 0.735 bits per heavy atom. The molecule has 0 fully saturated rings. The summed E-state index contributed by atoms with van der Waals surface area (Å²) in [6.07, 6.45) is 96.0. The molecule has 1 unspecified atom stereocenters. The van der Waals surface area contributed by atoms with Crippen LogP contribution in [0.15, 0.2) is 97.2 Å². The predicted octanol–water partition coefficient (Wildman–Crippen LogP) is 24.8. The van der Waals surface area contributed by atoms with Crippen LogP contribution in [0.1, 0.15) is 355 Å². The molecule has 1 atom stereocenters. The van der Waals surface area contributed by atoms with Crippen LogP contribution in [0, 0.1) is 0 Å². The second-order valence-electron chi connectivity index (χ2n) is 23.7. The Bertz CT molecular complexity index is 1610. The van der Waals surface area contributed by atoms with Gasteiger partial charge < -0.3 is 14.2 Å². The van der Waals surface area contributed by atoms with Crippen molar-refractivity contribution in [3.05, 3.63) is 97.2 Å². The number of rotatable bonds is 65. The van der Waals surface area contributed by atoms with E-state index < -0.39 is 6.10 Å². The summed E-state index contributed by atoms with van der Waals surface area (Å²) in [5.41, 5.74) is 0. The first-order valence-corrected chi connectivity index (χ1v) is 35.7. The number of hydrogen-bond donors (Lipinski definition) is 0. The summed E-state index contributed by atoms with van der Waals surface area (Å²) in [5.74, 6) is -0.863. The monoisotopic (exact) mass is 1160 g/mol. The molecule has 0 aliphatic carbocycles. The van der Waals surface area contributed by atoms with Crippen LogP contribution in [0.4, 0.5) is 0 Å². The second kappa shape index (κ2) is 70.8. The van der Waals surface area contributed by atoms with Crippen LogP contribution in [-0.2, 0) is 28.6 Å². The molecule has 0 aromatic rings. The fourth-order valence-corrected chi connectivity index (χ4v) is 10.3. The topological polar surface area (TPSA) is 78.9 Å². The molecule has 0 saturated carbocycles. The fourth-order valence-electron chi connectivity index (χ4n) is 10.3. The predicted molar refractivity (Wildman–Crippen MR) is 362 cm³/mol. The van der Waals surface area contributed by atoms with E-state index >= 15 is 0 Å². The van der Waals surface area contributed by atoms with Gasteiger partial charge in [-0.15, -0.1) is 0 Å². The summed E-state index contributed by atoms with van der Waals surface area (Å²) in [7, 11) is 0. The maximum Gasteiger partial charge on any atom is 0.306 e. The molecule has 0 rings (SSSR count). The molecule has 0 aliphatic heterocycles. The lowest BCUT2D eigenvalue weighted by molar-refractivity contribution is -0.167. The molecule has 0 N–H and O–H groups in total. The molecule has 6 nitrogen and oxygen atoms in total. The molecule has 0 heterocycles. The highest BCUT2D eigenvalue weighted by Gasteiger charge is 2.19. The van der Waals surface area contributed by atoms with Gasteiger partial charge in [-0.25, -0.2) is 0 Å². The van der Waals surface area contributed by atoms with Gasteiger partial charge in [-0.3, -0.25) is 14.4 Å². The van der Waals surface area contributed by atoms with E-state index in [4.69, 9.17) is 14.2 Å². The Balaban J connectivity index is 4.09. The van der Waals surface area contributed by atoms with E-state index in [1.54, 1.807) is 0 Å². The summed E-state index contributed by atoms with van der Waals surface area (Å²) in [4.78, 5) is 38.3. The molecule has 83 heavy (non-hydrogen) atoms. The van der Waals surface area contributed by atoms with Gasteiger partial charge in [0.25, 0.3) is 0 Å². The van der Waals surface area contributed by atoms with Gasteiger partial charge in [0.1, 0.15) is 13.2 Å². The minimum absolute atomic E-state index is 0.0738. The normalized spacial score (nSPS) is 12.7. The molecule has 0 aromatic carbocycles. The van der Waals surface area contributed by atoms with Crippen molar-refractivity contribution in [2.24, 2.45) is 0 Å². The zero-order valence-corrected chi connectivity index (χ0v) is 54.9. The number of allylic oxidation sites excluding steroid dienone is 16. The molecule has 0 saturated heterocycles. The summed E-state index contributed by atoms with van der Waals surface area (Å²) in [6.45, 7) is 6.43. The van der Waals surface area contributed by atoms with Gasteiger partial charge >= 0.3 is 17.9 Å². The second-order valence-corrected chi connectivity index (χ2v) is 23.7. The quantitative estimate of drug-likeness (QED) is 0.0261. The molecule has 0 spiro atoms. The SMILES string of the molecule is CC/C=C\C/C=C\C/C=C\C/C=C\CCCCCCCCCCCCCCCCCCCCCCC(=O)OCC(COC(=O)CCCCCCCCCCC)OC(=O)CCCCCCCCCCCC/C=C\C/C=C\C/C=C\C/C=C\CC. The van der Waals surface area contributed by atoms with Gasteiger partial charge in [-0.1, -0.05) is 336 Å². The summed E-state index contributed by atoms with van der Waals surface area (Å²) in [6, 6.07) is 0. The minimum Gasteiger partial charge on any atom is -0.462 e. The smallest absolute Gasteiger partial charge is 0.306 e. The minimum atomic E-state index is -0.777. The van der Waals surface area contributed by atoms with Gasteiger partial charge in [0, 0.05) is 19.3 Å². The molecular formula is C77H134O6. The van der Waals surface area contributed by atoms with Crippen LogP contribution in [0.3, 0.4) is 0 Å². The zero-order valence-electron chi connectivity index (χ0n) is 54.9. The van der Waals surface area contributed by atoms with Crippen LogP contribution in [0.2, 0.25) is 0 Å². The molecule has 478 valence electrons. The summed E-state index contributed by atoms with van der Waals surface area (Å²) >= 11 is 0. The third-order valence-corrected chi connectivity index (χ3v) is 15.6. The van der Waals surface area contributed by atoms with Gasteiger partial charge in [0.2, 0.25) is 0 Å². The Kier molecular flexibility index (Phi) is 67.7. The lowest BCUT2D eigenvalue weighted by Crippen LogP contribution is -2.30. The molecule has 0 aliphatic rings. The van der Waals surface area contributed by atoms with E-state index in [0.29, 0.717) is 19.3 Å². The van der Waals surface area contributed by atoms with Crippen LogP contribution in [0.25, 0.3) is 0 Å². The van der Waals surface area contributed by atoms with Crippen molar-refractivity contribution >= 4 is 17.9 Å². The Hall–Kier alpha value is -3.67. The maximum absolute atomic E-state index is 12.9. The van der Waals surface area contributed by atoms with Gasteiger partial charge in [-0.2, -0.15) is 0 Å². The van der Waals surface area contributed by atoms with Crippen LogP contribution >= 0.6 is 0 Å². The van der Waals surface area contributed by atoms with Crippen molar-refractivity contribution in [1.29, 1.82) is 0 Å². The van der Waals surface area contributed by atoms with E-state index in [1.165, 1.54) is 205 Å². The average molecular weight is 1160 g/mol. The van der Waals surface area contributed by atoms with E-state index in [2.05, 4.69) is 118 Å². The van der Waals surface area contributed by atoms with Crippen LogP contribution in [0.5, 0.6) is 0 Å². The third-order valence-electron chi connectivity index (χ3n) is 15.6. The zero-order chi connectivity index (χ0) is 59.9. The lowest BCUT2D eigenvalue weighted by atomic mass is 10.0. The highest BCUT2D eigenvalue weighted by atomic mass is 16.6. The van der Waals surface area contributed by atoms with Gasteiger partial charge in [0.05, 0.1) is 0 Å². The van der Waals surface area contributed by atoms with E-state index in [0.717, 1.165) is 109 Å². The highest BCUT2D eigenvalue weighted by Crippen LogP contribution is 2.18. The molecule has 0 amide bonds.